The molecular weight excluding hydrogens is 314 g/mol. The van der Waals surface area contributed by atoms with E-state index in [4.69, 9.17) is 0 Å². The largest absolute Gasteiger partial charge is 0.334 e. The molecule has 1 aliphatic heterocycles. The lowest BCUT2D eigenvalue weighted by Crippen LogP contribution is -2.50. The zero-order valence-electron chi connectivity index (χ0n) is 13.9. The van der Waals surface area contributed by atoms with Gasteiger partial charge >= 0.3 is 6.03 Å². The van der Waals surface area contributed by atoms with Gasteiger partial charge in [-0.25, -0.2) is 17.5 Å². The van der Waals surface area contributed by atoms with Crippen molar-refractivity contribution in [2.24, 2.45) is 0 Å². The van der Waals surface area contributed by atoms with Crippen LogP contribution in [0.15, 0.2) is 24.3 Å². The first-order valence-corrected chi connectivity index (χ1v) is 9.73. The first kappa shape index (κ1) is 17.7. The molecule has 0 radical (unpaired) electrons. The molecule has 1 saturated heterocycles. The summed E-state index contributed by atoms with van der Waals surface area (Å²) in [6.07, 6.45) is 2.74. The fraction of sp³-hybridized carbons (Fsp3) is 0.562. The van der Waals surface area contributed by atoms with Gasteiger partial charge in [-0.2, -0.15) is 0 Å². The third-order valence-electron chi connectivity index (χ3n) is 4.00. The quantitative estimate of drug-likeness (QED) is 0.884. The second-order valence-corrected chi connectivity index (χ2v) is 8.32. The third kappa shape index (κ3) is 5.21. The molecule has 1 aromatic rings. The highest BCUT2D eigenvalue weighted by atomic mass is 32.2. The minimum absolute atomic E-state index is 0.160. The summed E-state index contributed by atoms with van der Waals surface area (Å²) in [6.45, 7) is 5.05. The molecule has 1 fully saturated rings. The predicted molar refractivity (Wildman–Crippen MR) is 92.1 cm³/mol. The van der Waals surface area contributed by atoms with E-state index in [9.17, 15) is 13.2 Å². The van der Waals surface area contributed by atoms with Crippen LogP contribution in [0.2, 0.25) is 0 Å². The van der Waals surface area contributed by atoms with Crippen LogP contribution in [0.5, 0.6) is 0 Å². The maximum Gasteiger partial charge on any atom is 0.319 e. The lowest BCUT2D eigenvalue weighted by molar-refractivity contribution is 0.236. The second kappa shape index (κ2) is 7.31. The van der Waals surface area contributed by atoms with Gasteiger partial charge < -0.3 is 10.6 Å². The minimum Gasteiger partial charge on any atom is -0.334 e. The van der Waals surface area contributed by atoms with Gasteiger partial charge in [0.15, 0.2) is 0 Å². The highest BCUT2D eigenvalue weighted by Gasteiger charge is 2.26. The Balaban J connectivity index is 1.93. The van der Waals surface area contributed by atoms with Crippen molar-refractivity contribution < 1.29 is 13.2 Å². The van der Waals surface area contributed by atoms with Crippen LogP contribution in [-0.2, 0) is 10.0 Å². The Hall–Kier alpha value is -1.60. The lowest BCUT2D eigenvalue weighted by Gasteiger charge is -2.31. The molecular formula is C16H25N3O3S. The maximum absolute atomic E-state index is 12.1. The van der Waals surface area contributed by atoms with E-state index in [1.807, 2.05) is 24.3 Å². The van der Waals surface area contributed by atoms with Gasteiger partial charge in [0, 0.05) is 24.8 Å². The molecule has 7 heteroatoms. The van der Waals surface area contributed by atoms with E-state index < -0.39 is 10.0 Å². The van der Waals surface area contributed by atoms with E-state index in [0.717, 1.165) is 24.1 Å². The monoisotopic (exact) mass is 339 g/mol. The summed E-state index contributed by atoms with van der Waals surface area (Å²) in [5.74, 6) is 0.390. The standard InChI is InChI=1S/C16H25N3O3S/c1-12(2)13-6-4-7-14(10-13)17-16(20)18-15-8-5-9-19(11-15)23(3,21)22/h4,6-7,10,12,15H,5,8-9,11H2,1-3H3,(H2,17,18,20). The van der Waals surface area contributed by atoms with Gasteiger partial charge in [-0.3, -0.25) is 0 Å². The van der Waals surface area contributed by atoms with Crippen molar-refractivity contribution in [3.8, 4) is 0 Å². The molecule has 2 amide bonds. The average Bonchev–Trinajstić information content (AvgIpc) is 2.46. The van der Waals surface area contributed by atoms with Gasteiger partial charge in [-0.1, -0.05) is 26.0 Å². The number of carbonyl (C=O) groups is 1. The van der Waals surface area contributed by atoms with Crippen LogP contribution < -0.4 is 10.6 Å². The zero-order valence-corrected chi connectivity index (χ0v) is 14.7. The van der Waals surface area contributed by atoms with E-state index in [1.54, 1.807) is 0 Å². The highest BCUT2D eigenvalue weighted by Crippen LogP contribution is 2.18. The Kier molecular flexibility index (Phi) is 5.64. The Labute approximate surface area is 138 Å². The molecule has 0 bridgehead atoms. The van der Waals surface area contributed by atoms with E-state index in [1.165, 1.54) is 10.6 Å². The van der Waals surface area contributed by atoms with Crippen LogP contribution in [-0.4, -0.2) is 44.1 Å². The summed E-state index contributed by atoms with van der Waals surface area (Å²) in [7, 11) is -3.21. The van der Waals surface area contributed by atoms with Crippen molar-refractivity contribution in [1.82, 2.24) is 9.62 Å². The van der Waals surface area contributed by atoms with Crippen molar-refractivity contribution >= 4 is 21.7 Å². The Morgan fingerprint density at radius 3 is 2.74 bits per heavy atom. The smallest absolute Gasteiger partial charge is 0.319 e. The van der Waals surface area contributed by atoms with Gasteiger partial charge in [-0.05, 0) is 36.5 Å². The van der Waals surface area contributed by atoms with Crippen molar-refractivity contribution in [1.29, 1.82) is 0 Å². The summed E-state index contributed by atoms with van der Waals surface area (Å²) in [4.78, 5) is 12.1. The van der Waals surface area contributed by atoms with E-state index in [2.05, 4.69) is 24.5 Å². The molecule has 2 rings (SSSR count). The van der Waals surface area contributed by atoms with Gasteiger partial charge in [0.2, 0.25) is 10.0 Å². The van der Waals surface area contributed by atoms with Crippen LogP contribution in [0.25, 0.3) is 0 Å². The van der Waals surface area contributed by atoms with Crippen LogP contribution in [0, 0.1) is 0 Å². The number of hydrogen-bond donors (Lipinski definition) is 2. The molecule has 0 aliphatic carbocycles. The Bertz CT molecular complexity index is 658. The van der Waals surface area contributed by atoms with Crippen LogP contribution in [0.1, 0.15) is 38.2 Å². The number of benzene rings is 1. The summed E-state index contributed by atoms with van der Waals surface area (Å²) >= 11 is 0. The number of nitrogens with one attached hydrogen (secondary N) is 2. The number of anilines is 1. The van der Waals surface area contributed by atoms with Crippen LogP contribution >= 0.6 is 0 Å². The first-order valence-electron chi connectivity index (χ1n) is 7.88. The second-order valence-electron chi connectivity index (χ2n) is 6.34. The Morgan fingerprint density at radius 1 is 1.35 bits per heavy atom. The highest BCUT2D eigenvalue weighted by molar-refractivity contribution is 7.88. The van der Waals surface area contributed by atoms with Crippen molar-refractivity contribution in [2.75, 3.05) is 24.7 Å². The zero-order chi connectivity index (χ0) is 17.0. The summed E-state index contributed by atoms with van der Waals surface area (Å²) in [5, 5.41) is 5.68. The number of sulfonamides is 1. The number of rotatable bonds is 4. The van der Waals surface area contributed by atoms with E-state index >= 15 is 0 Å². The molecule has 128 valence electrons. The molecule has 23 heavy (non-hydrogen) atoms. The molecule has 1 unspecified atom stereocenters. The molecule has 2 N–H and O–H groups in total. The maximum atomic E-state index is 12.1. The number of carbonyl (C=O) groups excluding carboxylic acids is 1. The normalized spacial score (nSPS) is 19.6. The first-order chi connectivity index (χ1) is 10.8. The van der Waals surface area contributed by atoms with Gasteiger partial charge in [0.1, 0.15) is 0 Å². The van der Waals surface area contributed by atoms with Gasteiger partial charge in [-0.15, -0.1) is 0 Å². The SMILES string of the molecule is CC(C)c1cccc(NC(=O)NC2CCCN(S(C)(=O)=O)C2)c1. The molecule has 1 atom stereocenters. The molecule has 1 aliphatic rings. The number of piperidine rings is 1. The minimum atomic E-state index is -3.21. The molecule has 6 nitrogen and oxygen atoms in total. The van der Waals surface area contributed by atoms with E-state index in [0.29, 0.717) is 19.0 Å². The van der Waals surface area contributed by atoms with E-state index in [-0.39, 0.29) is 12.1 Å². The van der Waals surface area contributed by atoms with Crippen molar-refractivity contribution in [3.63, 3.8) is 0 Å². The van der Waals surface area contributed by atoms with Crippen molar-refractivity contribution in [3.05, 3.63) is 29.8 Å². The average molecular weight is 339 g/mol. The fourth-order valence-electron chi connectivity index (χ4n) is 2.69. The van der Waals surface area contributed by atoms with Crippen LogP contribution in [0.4, 0.5) is 10.5 Å². The summed E-state index contributed by atoms with van der Waals surface area (Å²) in [6, 6.07) is 7.27. The topological polar surface area (TPSA) is 78.5 Å². The fourth-order valence-corrected chi connectivity index (χ4v) is 3.60. The number of amides is 2. The summed E-state index contributed by atoms with van der Waals surface area (Å²) < 4.78 is 24.6. The van der Waals surface area contributed by atoms with Gasteiger partial charge in [0.05, 0.1) is 6.26 Å². The molecule has 1 heterocycles. The van der Waals surface area contributed by atoms with Crippen LogP contribution in [0.3, 0.4) is 0 Å². The Morgan fingerprint density at radius 2 is 2.09 bits per heavy atom. The predicted octanol–water partition coefficient (Wildman–Crippen LogP) is 2.36. The number of hydrogen-bond acceptors (Lipinski definition) is 3. The number of nitrogens with zero attached hydrogens (tertiary/aromatic N) is 1. The summed E-state index contributed by atoms with van der Waals surface area (Å²) in [5.41, 5.74) is 1.90. The molecule has 0 spiro atoms. The number of urea groups is 1. The van der Waals surface area contributed by atoms with Crippen molar-refractivity contribution in [2.45, 2.75) is 38.6 Å². The molecule has 0 saturated carbocycles. The molecule has 0 aromatic heterocycles. The lowest BCUT2D eigenvalue weighted by atomic mass is 10.0. The third-order valence-corrected chi connectivity index (χ3v) is 5.27. The van der Waals surface area contributed by atoms with Gasteiger partial charge in [0.25, 0.3) is 0 Å². The molecule has 1 aromatic carbocycles.